The molecule has 0 unspecified atom stereocenters. The van der Waals surface area contributed by atoms with Crippen LogP contribution in [-0.4, -0.2) is 9.13 Å². The SMILES string of the molecule is c1ccc2cc(-n3c4ccccc4c4c5c6cc(-c7cccc8oc9ccccc9c78)ccc6n(-c6ccc7ccccc7c6)c5ccc43)ccc2c1. The molecule has 3 aromatic heterocycles. The van der Waals surface area contributed by atoms with E-state index in [0.29, 0.717) is 0 Å². The summed E-state index contributed by atoms with van der Waals surface area (Å²) in [5.41, 5.74) is 11.2. The molecule has 0 fully saturated rings. The smallest absolute Gasteiger partial charge is 0.136 e. The van der Waals surface area contributed by atoms with Crippen LogP contribution >= 0.6 is 0 Å². The van der Waals surface area contributed by atoms with Gasteiger partial charge < -0.3 is 13.6 Å². The first kappa shape index (κ1) is 28.6. The van der Waals surface area contributed by atoms with Crippen LogP contribution in [0.1, 0.15) is 0 Å². The maximum absolute atomic E-state index is 6.34. The van der Waals surface area contributed by atoms with Crippen LogP contribution in [0.25, 0.3) is 110 Å². The molecule has 12 rings (SSSR count). The van der Waals surface area contributed by atoms with E-state index in [2.05, 4.69) is 185 Å². The monoisotopic (exact) mass is 674 g/mol. The summed E-state index contributed by atoms with van der Waals surface area (Å²) >= 11 is 0. The molecule has 0 aliphatic carbocycles. The van der Waals surface area contributed by atoms with Crippen molar-refractivity contribution >= 4 is 87.1 Å². The van der Waals surface area contributed by atoms with E-state index in [9.17, 15) is 0 Å². The normalized spacial score (nSPS) is 12.2. The van der Waals surface area contributed by atoms with Crippen LogP contribution in [-0.2, 0) is 0 Å². The van der Waals surface area contributed by atoms with Gasteiger partial charge in [-0.05, 0) is 99.4 Å². The van der Waals surface area contributed by atoms with Gasteiger partial charge in [0.2, 0.25) is 0 Å². The number of hydrogen-bond acceptors (Lipinski definition) is 1. The minimum Gasteiger partial charge on any atom is -0.456 e. The molecule has 12 aromatic rings. The molecule has 0 atom stereocenters. The second kappa shape index (κ2) is 10.7. The Hall–Kier alpha value is -7.10. The highest BCUT2D eigenvalue weighted by Gasteiger charge is 2.22. The van der Waals surface area contributed by atoms with E-state index >= 15 is 0 Å². The summed E-state index contributed by atoms with van der Waals surface area (Å²) in [7, 11) is 0. The lowest BCUT2D eigenvalue weighted by Gasteiger charge is -2.11. The number of benzene rings is 9. The zero-order valence-corrected chi connectivity index (χ0v) is 28.6. The Morgan fingerprint density at radius 1 is 0.321 bits per heavy atom. The van der Waals surface area contributed by atoms with Crippen LogP contribution in [0.4, 0.5) is 0 Å². The Bertz CT molecular complexity index is 3470. The van der Waals surface area contributed by atoms with Crippen molar-refractivity contribution in [2.45, 2.75) is 0 Å². The molecular formula is C50H30N2O. The predicted octanol–water partition coefficient (Wildman–Crippen LogP) is 13.8. The summed E-state index contributed by atoms with van der Waals surface area (Å²) in [6, 6.07) is 66.2. The molecule has 246 valence electrons. The Labute approximate surface area is 304 Å². The van der Waals surface area contributed by atoms with E-state index in [0.717, 1.165) is 33.3 Å². The van der Waals surface area contributed by atoms with Gasteiger partial charge in [0.05, 0.1) is 22.1 Å². The van der Waals surface area contributed by atoms with Gasteiger partial charge in [0.15, 0.2) is 0 Å². The summed E-state index contributed by atoms with van der Waals surface area (Å²) in [6.07, 6.45) is 0. The number of furan rings is 1. The third-order valence-corrected chi connectivity index (χ3v) is 11.3. The van der Waals surface area contributed by atoms with E-state index in [1.807, 2.05) is 6.07 Å². The van der Waals surface area contributed by atoms with Crippen molar-refractivity contribution in [3.05, 3.63) is 182 Å². The molecule has 3 heteroatoms. The second-order valence-corrected chi connectivity index (χ2v) is 14.1. The first-order chi connectivity index (χ1) is 26.3. The van der Waals surface area contributed by atoms with Gasteiger partial charge in [-0.1, -0.05) is 115 Å². The number of hydrogen-bond donors (Lipinski definition) is 0. The Morgan fingerprint density at radius 3 is 1.58 bits per heavy atom. The van der Waals surface area contributed by atoms with Gasteiger partial charge in [0.1, 0.15) is 11.2 Å². The van der Waals surface area contributed by atoms with Gasteiger partial charge >= 0.3 is 0 Å². The maximum Gasteiger partial charge on any atom is 0.136 e. The molecule has 0 radical (unpaired) electrons. The van der Waals surface area contributed by atoms with Crippen molar-refractivity contribution in [1.29, 1.82) is 0 Å². The highest BCUT2D eigenvalue weighted by Crippen LogP contribution is 2.45. The standard InChI is InChI=1S/C50H30N2O/c1-3-12-33-28-36(23-20-31(33)10-1)51-42-17-7-5-14-39(42)49-44(51)26-27-45-50(49)41-30-35(38-16-9-19-47-48(38)40-15-6-8-18-46(40)53-47)22-25-43(41)52(45)37-24-21-32-11-2-4-13-34(32)29-37/h1-30H. The first-order valence-corrected chi connectivity index (χ1v) is 18.2. The number of para-hydroxylation sites is 2. The van der Waals surface area contributed by atoms with Gasteiger partial charge in [-0.2, -0.15) is 0 Å². The average Bonchev–Trinajstić information content (AvgIpc) is 3.88. The van der Waals surface area contributed by atoms with Crippen LogP contribution < -0.4 is 0 Å². The highest BCUT2D eigenvalue weighted by atomic mass is 16.3. The Morgan fingerprint density at radius 2 is 0.868 bits per heavy atom. The number of aromatic nitrogens is 2. The molecule has 0 bridgehead atoms. The molecule has 0 N–H and O–H groups in total. The van der Waals surface area contributed by atoms with Gasteiger partial charge in [0, 0.05) is 43.7 Å². The zero-order valence-electron chi connectivity index (χ0n) is 28.6. The molecular weight excluding hydrogens is 645 g/mol. The van der Waals surface area contributed by atoms with Crippen LogP contribution in [0.2, 0.25) is 0 Å². The lowest BCUT2D eigenvalue weighted by atomic mass is 9.97. The van der Waals surface area contributed by atoms with E-state index in [1.165, 1.54) is 76.3 Å². The Balaban J connectivity index is 1.22. The molecule has 0 aliphatic heterocycles. The molecule has 0 aliphatic rings. The third kappa shape index (κ3) is 4.05. The summed E-state index contributed by atoms with van der Waals surface area (Å²) in [4.78, 5) is 0. The van der Waals surface area contributed by atoms with Gasteiger partial charge in [-0.3, -0.25) is 0 Å². The lowest BCUT2D eigenvalue weighted by Crippen LogP contribution is -1.95. The van der Waals surface area contributed by atoms with Crippen molar-refractivity contribution in [3.8, 4) is 22.5 Å². The van der Waals surface area contributed by atoms with E-state index in [1.54, 1.807) is 0 Å². The van der Waals surface area contributed by atoms with E-state index in [4.69, 9.17) is 4.42 Å². The summed E-state index contributed by atoms with van der Waals surface area (Å²) in [5, 5.41) is 12.2. The predicted molar refractivity (Wildman–Crippen MR) is 223 cm³/mol. The van der Waals surface area contributed by atoms with Crippen molar-refractivity contribution in [2.24, 2.45) is 0 Å². The molecule has 0 saturated heterocycles. The van der Waals surface area contributed by atoms with Gasteiger partial charge in [-0.15, -0.1) is 0 Å². The summed E-state index contributed by atoms with van der Waals surface area (Å²) in [6.45, 7) is 0. The first-order valence-electron chi connectivity index (χ1n) is 18.2. The molecule has 3 nitrogen and oxygen atoms in total. The van der Waals surface area contributed by atoms with Gasteiger partial charge in [0.25, 0.3) is 0 Å². The average molecular weight is 675 g/mol. The van der Waals surface area contributed by atoms with Crippen molar-refractivity contribution in [1.82, 2.24) is 9.13 Å². The van der Waals surface area contributed by atoms with Crippen LogP contribution in [0.5, 0.6) is 0 Å². The van der Waals surface area contributed by atoms with E-state index < -0.39 is 0 Å². The quantitative estimate of drug-likeness (QED) is 0.183. The fourth-order valence-electron chi connectivity index (χ4n) is 8.94. The van der Waals surface area contributed by atoms with E-state index in [-0.39, 0.29) is 0 Å². The largest absolute Gasteiger partial charge is 0.456 e. The fourth-order valence-corrected chi connectivity index (χ4v) is 8.94. The molecule has 0 saturated carbocycles. The maximum atomic E-state index is 6.34. The zero-order chi connectivity index (χ0) is 34.6. The van der Waals surface area contributed by atoms with Crippen molar-refractivity contribution < 1.29 is 4.42 Å². The van der Waals surface area contributed by atoms with Crippen molar-refractivity contribution in [2.75, 3.05) is 0 Å². The number of nitrogens with zero attached hydrogens (tertiary/aromatic N) is 2. The molecule has 53 heavy (non-hydrogen) atoms. The minimum atomic E-state index is 0.906. The van der Waals surface area contributed by atoms with Crippen molar-refractivity contribution in [3.63, 3.8) is 0 Å². The number of rotatable bonds is 3. The molecule has 0 spiro atoms. The number of fused-ring (bicyclic) bond motifs is 12. The fraction of sp³-hybridized carbons (Fsp3) is 0. The highest BCUT2D eigenvalue weighted by molar-refractivity contribution is 6.29. The van der Waals surface area contributed by atoms with Crippen LogP contribution in [0, 0.1) is 0 Å². The molecule has 3 heterocycles. The second-order valence-electron chi connectivity index (χ2n) is 14.1. The van der Waals surface area contributed by atoms with Crippen LogP contribution in [0.15, 0.2) is 186 Å². The Kier molecular flexibility index (Phi) is 5.77. The lowest BCUT2D eigenvalue weighted by molar-refractivity contribution is 0.669. The van der Waals surface area contributed by atoms with Crippen LogP contribution in [0.3, 0.4) is 0 Å². The molecule has 0 amide bonds. The third-order valence-electron chi connectivity index (χ3n) is 11.3. The molecule has 9 aromatic carbocycles. The summed E-state index contributed by atoms with van der Waals surface area (Å²) < 4.78 is 11.2. The minimum absolute atomic E-state index is 0.906. The summed E-state index contributed by atoms with van der Waals surface area (Å²) in [5.74, 6) is 0. The topological polar surface area (TPSA) is 23.0 Å². The van der Waals surface area contributed by atoms with Gasteiger partial charge in [-0.25, -0.2) is 0 Å².